The Hall–Kier alpha value is -1.69. The van der Waals surface area contributed by atoms with Gasteiger partial charge in [-0.15, -0.1) is 0 Å². The van der Waals surface area contributed by atoms with E-state index >= 15 is 0 Å². The van der Waals surface area contributed by atoms with Crippen molar-refractivity contribution < 1.29 is 18.0 Å². The maximum Gasteiger partial charge on any atom is 0.251 e. The Labute approximate surface area is 117 Å². The minimum atomic E-state index is -3.01. The van der Waals surface area contributed by atoms with Gasteiger partial charge >= 0.3 is 0 Å². The average Bonchev–Trinajstić information content (AvgIpc) is 2.93. The first-order chi connectivity index (χ1) is 9.46. The molecule has 0 aromatic heterocycles. The molecule has 0 spiro atoms. The summed E-state index contributed by atoms with van der Waals surface area (Å²) in [7, 11) is -3.01. The van der Waals surface area contributed by atoms with E-state index in [0.29, 0.717) is 30.4 Å². The highest BCUT2D eigenvalue weighted by atomic mass is 32.2. The van der Waals surface area contributed by atoms with Gasteiger partial charge in [0, 0.05) is 23.6 Å². The van der Waals surface area contributed by atoms with E-state index in [9.17, 15) is 18.0 Å². The maximum absolute atomic E-state index is 12.3. The van der Waals surface area contributed by atoms with Gasteiger partial charge in [-0.2, -0.15) is 0 Å². The summed E-state index contributed by atoms with van der Waals surface area (Å²) in [6, 6.07) is 4.81. The molecular weight excluding hydrogens is 278 g/mol. The van der Waals surface area contributed by atoms with Gasteiger partial charge in [0.25, 0.3) is 5.91 Å². The minimum absolute atomic E-state index is 0.00664. The van der Waals surface area contributed by atoms with E-state index in [4.69, 9.17) is 0 Å². The monoisotopic (exact) mass is 293 g/mol. The first kappa shape index (κ1) is 13.3. The van der Waals surface area contributed by atoms with Crippen LogP contribution in [0.2, 0.25) is 0 Å². The lowest BCUT2D eigenvalue weighted by molar-refractivity contribution is 0.0939. The lowest BCUT2D eigenvalue weighted by Crippen LogP contribution is -2.36. The van der Waals surface area contributed by atoms with Gasteiger partial charge in [-0.05, 0) is 24.5 Å². The summed E-state index contributed by atoms with van der Waals surface area (Å²) in [6.07, 6.45) is 1.49. The summed E-state index contributed by atoms with van der Waals surface area (Å²) < 4.78 is 22.8. The van der Waals surface area contributed by atoms with Crippen LogP contribution in [-0.2, 0) is 16.3 Å². The molecular formula is C14H15NO4S. The van der Waals surface area contributed by atoms with Crippen LogP contribution in [0.15, 0.2) is 18.2 Å². The van der Waals surface area contributed by atoms with E-state index in [-0.39, 0.29) is 29.2 Å². The molecule has 2 aliphatic rings. The number of fused-ring (bicyclic) bond motifs is 1. The first-order valence-electron chi connectivity index (χ1n) is 6.63. The van der Waals surface area contributed by atoms with Gasteiger partial charge in [-0.25, -0.2) is 8.42 Å². The topological polar surface area (TPSA) is 80.3 Å². The molecule has 0 bridgehead atoms. The number of sulfone groups is 1. The van der Waals surface area contributed by atoms with Crippen molar-refractivity contribution in [2.45, 2.75) is 25.3 Å². The fourth-order valence-electron chi connectivity index (χ4n) is 2.88. The summed E-state index contributed by atoms with van der Waals surface area (Å²) in [5.41, 5.74) is 1.91. The molecule has 1 fully saturated rings. The Morgan fingerprint density at radius 1 is 1.25 bits per heavy atom. The molecule has 0 unspecified atom stereocenters. The molecule has 1 N–H and O–H groups in total. The summed E-state index contributed by atoms with van der Waals surface area (Å²) in [4.78, 5) is 23.9. The molecule has 6 heteroatoms. The second kappa shape index (κ2) is 4.70. The molecule has 1 atom stereocenters. The summed E-state index contributed by atoms with van der Waals surface area (Å²) in [5.74, 6) is -0.0764. The first-order valence-corrected chi connectivity index (χ1v) is 8.45. The number of nitrogens with one attached hydrogen (secondary N) is 1. The molecule has 1 aliphatic carbocycles. The SMILES string of the molecule is O=C1CCc2c1cccc2C(=O)N[C@@H]1CCS(=O)(=O)C1. The van der Waals surface area contributed by atoms with Gasteiger partial charge in [-0.1, -0.05) is 12.1 Å². The van der Waals surface area contributed by atoms with Gasteiger partial charge in [0.05, 0.1) is 11.5 Å². The number of rotatable bonds is 2. The molecule has 0 radical (unpaired) electrons. The van der Waals surface area contributed by atoms with Gasteiger partial charge in [0.1, 0.15) is 0 Å². The zero-order valence-corrected chi connectivity index (χ0v) is 11.7. The third-order valence-corrected chi connectivity index (χ3v) is 5.66. The third kappa shape index (κ3) is 2.35. The van der Waals surface area contributed by atoms with Gasteiger partial charge < -0.3 is 5.32 Å². The highest BCUT2D eigenvalue weighted by molar-refractivity contribution is 7.91. The van der Waals surface area contributed by atoms with Crippen LogP contribution in [0.5, 0.6) is 0 Å². The van der Waals surface area contributed by atoms with E-state index in [1.165, 1.54) is 0 Å². The Bertz CT molecular complexity index is 693. The number of hydrogen-bond acceptors (Lipinski definition) is 4. The van der Waals surface area contributed by atoms with Gasteiger partial charge in [0.15, 0.2) is 15.6 Å². The van der Waals surface area contributed by atoms with Crippen LogP contribution < -0.4 is 5.32 Å². The lowest BCUT2D eigenvalue weighted by Gasteiger charge is -2.13. The molecule has 3 rings (SSSR count). The van der Waals surface area contributed by atoms with Crippen molar-refractivity contribution in [1.29, 1.82) is 0 Å². The Kier molecular flexibility index (Phi) is 3.12. The third-order valence-electron chi connectivity index (χ3n) is 3.89. The van der Waals surface area contributed by atoms with Crippen molar-refractivity contribution in [3.63, 3.8) is 0 Å². The standard InChI is InChI=1S/C14H15NO4S/c16-13-5-4-10-11(13)2-1-3-12(10)14(17)15-9-6-7-20(18,19)8-9/h1-3,9H,4-8H2,(H,15,17)/t9-/m1/s1. The lowest BCUT2D eigenvalue weighted by atomic mass is 10.0. The van der Waals surface area contributed by atoms with Crippen molar-refractivity contribution in [1.82, 2.24) is 5.32 Å². The van der Waals surface area contributed by atoms with Crippen LogP contribution in [0.25, 0.3) is 0 Å². The van der Waals surface area contributed by atoms with Gasteiger partial charge in [-0.3, -0.25) is 9.59 Å². The van der Waals surface area contributed by atoms with E-state index in [1.807, 2.05) is 0 Å². The average molecular weight is 293 g/mol. The maximum atomic E-state index is 12.3. The highest BCUT2D eigenvalue weighted by Gasteiger charge is 2.30. The van der Waals surface area contributed by atoms with E-state index < -0.39 is 9.84 Å². The second-order valence-corrected chi connectivity index (χ2v) is 7.56. The van der Waals surface area contributed by atoms with Crippen LogP contribution in [0.3, 0.4) is 0 Å². The van der Waals surface area contributed by atoms with Crippen LogP contribution in [0.4, 0.5) is 0 Å². The van der Waals surface area contributed by atoms with Crippen molar-refractivity contribution in [3.05, 3.63) is 34.9 Å². The van der Waals surface area contributed by atoms with E-state index in [0.717, 1.165) is 5.56 Å². The van der Waals surface area contributed by atoms with Crippen molar-refractivity contribution >= 4 is 21.5 Å². The molecule has 0 saturated carbocycles. The Morgan fingerprint density at radius 2 is 2.05 bits per heavy atom. The number of carbonyl (C=O) groups is 2. The van der Waals surface area contributed by atoms with E-state index in [1.54, 1.807) is 18.2 Å². The number of hydrogen-bond donors (Lipinski definition) is 1. The molecule has 20 heavy (non-hydrogen) atoms. The summed E-state index contributed by atoms with van der Waals surface area (Å²) >= 11 is 0. The van der Waals surface area contributed by atoms with Crippen LogP contribution in [0.1, 0.15) is 39.1 Å². The second-order valence-electron chi connectivity index (χ2n) is 5.33. The number of Topliss-reactive ketones (excluding diaryl/α,β-unsaturated/α-hetero) is 1. The zero-order chi connectivity index (χ0) is 14.3. The predicted molar refractivity (Wildman–Crippen MR) is 73.6 cm³/mol. The van der Waals surface area contributed by atoms with Crippen LogP contribution in [-0.4, -0.2) is 37.7 Å². The number of amides is 1. The Morgan fingerprint density at radius 3 is 2.75 bits per heavy atom. The van der Waals surface area contributed by atoms with E-state index in [2.05, 4.69) is 5.32 Å². The van der Waals surface area contributed by atoms with Crippen LogP contribution >= 0.6 is 0 Å². The predicted octanol–water partition coefficient (Wildman–Crippen LogP) is 0.732. The molecule has 1 saturated heterocycles. The van der Waals surface area contributed by atoms with Crippen molar-refractivity contribution in [3.8, 4) is 0 Å². The molecule has 1 aromatic carbocycles. The largest absolute Gasteiger partial charge is 0.348 e. The highest BCUT2D eigenvalue weighted by Crippen LogP contribution is 2.25. The zero-order valence-electron chi connectivity index (χ0n) is 10.9. The molecule has 106 valence electrons. The summed E-state index contributed by atoms with van der Waals surface area (Å²) in [6.45, 7) is 0. The smallest absolute Gasteiger partial charge is 0.251 e. The molecule has 1 aromatic rings. The number of benzene rings is 1. The Balaban J connectivity index is 1.81. The molecule has 5 nitrogen and oxygen atoms in total. The summed E-state index contributed by atoms with van der Waals surface area (Å²) in [5, 5.41) is 2.77. The van der Waals surface area contributed by atoms with Crippen molar-refractivity contribution in [2.24, 2.45) is 0 Å². The fraction of sp³-hybridized carbons (Fsp3) is 0.429. The molecule has 1 amide bonds. The fourth-order valence-corrected chi connectivity index (χ4v) is 4.55. The molecule has 1 aliphatic heterocycles. The normalized spacial score (nSPS) is 23.6. The number of carbonyl (C=O) groups excluding carboxylic acids is 2. The quantitative estimate of drug-likeness (QED) is 0.872. The minimum Gasteiger partial charge on any atom is -0.348 e. The van der Waals surface area contributed by atoms with Crippen molar-refractivity contribution in [2.75, 3.05) is 11.5 Å². The van der Waals surface area contributed by atoms with Gasteiger partial charge in [0.2, 0.25) is 0 Å². The molecule has 1 heterocycles. The number of ketones is 1. The van der Waals surface area contributed by atoms with Crippen LogP contribution in [0, 0.1) is 0 Å².